The molecule has 2 N–H and O–H groups in total. The summed E-state index contributed by atoms with van der Waals surface area (Å²) in [5, 5.41) is 14.2. The molecule has 0 atom stereocenters. The average Bonchev–Trinajstić information content (AvgIpc) is 1.83. The van der Waals surface area contributed by atoms with Gasteiger partial charge in [0.25, 0.3) is 5.56 Å². The van der Waals surface area contributed by atoms with Crippen LogP contribution in [0.3, 0.4) is 0 Å². The zero-order valence-corrected chi connectivity index (χ0v) is 5.84. The number of nitrogens with zero attached hydrogens (tertiary/aromatic N) is 1. The molecule has 4 nitrogen and oxygen atoms in total. The third kappa shape index (κ3) is 1.10. The van der Waals surface area contributed by atoms with Crippen molar-refractivity contribution in [1.82, 2.24) is 10.2 Å². The lowest BCUT2D eigenvalue weighted by molar-refractivity contribution is 0.465. The number of aromatic amines is 1. The van der Waals surface area contributed by atoms with Crippen molar-refractivity contribution in [3.63, 3.8) is 0 Å². The molecule has 1 rings (SSSR count). The normalized spacial score (nSPS) is 9.44. The maximum Gasteiger partial charge on any atom is 0.282 e. The molecule has 0 unspecified atom stereocenters. The predicted molar refractivity (Wildman–Crippen MR) is 34.2 cm³/mol. The molecule has 0 aromatic carbocycles. The molecule has 0 spiro atoms. The molecule has 0 fully saturated rings. The Morgan fingerprint density at radius 1 is 1.78 bits per heavy atom. The third-order valence-electron chi connectivity index (χ3n) is 0.777. The number of aromatic nitrogens is 2. The van der Waals surface area contributed by atoms with Gasteiger partial charge in [-0.3, -0.25) is 4.79 Å². The largest absolute Gasteiger partial charge is 0.505 e. The summed E-state index contributed by atoms with van der Waals surface area (Å²) in [6.07, 6.45) is 1.14. The third-order valence-corrected chi connectivity index (χ3v) is 1.54. The smallest absolute Gasteiger partial charge is 0.282 e. The second-order valence-electron chi connectivity index (χ2n) is 1.40. The van der Waals surface area contributed by atoms with Gasteiger partial charge < -0.3 is 5.11 Å². The van der Waals surface area contributed by atoms with Crippen molar-refractivity contribution in [3.05, 3.63) is 21.0 Å². The van der Waals surface area contributed by atoms with Crippen LogP contribution in [0, 0.1) is 0 Å². The first kappa shape index (κ1) is 6.28. The van der Waals surface area contributed by atoms with Crippen LogP contribution in [0.1, 0.15) is 0 Å². The molecular formula is C4H3BrN2O2. The fourth-order valence-electron chi connectivity index (χ4n) is 0.374. The highest BCUT2D eigenvalue weighted by Gasteiger charge is 1.99. The van der Waals surface area contributed by atoms with Crippen LogP contribution < -0.4 is 5.56 Å². The second-order valence-corrected chi connectivity index (χ2v) is 2.19. The minimum Gasteiger partial charge on any atom is -0.505 e. The molecule has 1 aromatic heterocycles. The van der Waals surface area contributed by atoms with Crippen LogP contribution in [0.2, 0.25) is 0 Å². The highest BCUT2D eigenvalue weighted by molar-refractivity contribution is 9.10. The van der Waals surface area contributed by atoms with E-state index in [1.807, 2.05) is 0 Å². The van der Waals surface area contributed by atoms with Crippen LogP contribution in [0.4, 0.5) is 0 Å². The molecule has 0 radical (unpaired) electrons. The number of hydrogen-bond donors (Lipinski definition) is 2. The zero-order valence-electron chi connectivity index (χ0n) is 4.26. The van der Waals surface area contributed by atoms with Crippen LogP contribution in [0.15, 0.2) is 15.5 Å². The van der Waals surface area contributed by atoms with E-state index in [4.69, 9.17) is 5.11 Å². The summed E-state index contributed by atoms with van der Waals surface area (Å²) in [5.74, 6) is -0.154. The minimum absolute atomic E-state index is 0.109. The number of aromatic hydroxyl groups is 1. The Labute approximate surface area is 58.7 Å². The summed E-state index contributed by atoms with van der Waals surface area (Å²) in [6, 6.07) is 0. The molecule has 0 aliphatic heterocycles. The summed E-state index contributed by atoms with van der Waals surface area (Å²) >= 11 is 2.85. The summed E-state index contributed by atoms with van der Waals surface area (Å²) in [4.78, 5) is 10.5. The Morgan fingerprint density at radius 3 is 2.89 bits per heavy atom. The van der Waals surface area contributed by atoms with Crippen molar-refractivity contribution in [1.29, 1.82) is 0 Å². The Bertz CT molecular complexity index is 270. The van der Waals surface area contributed by atoms with E-state index in [0.717, 1.165) is 6.20 Å². The summed E-state index contributed by atoms with van der Waals surface area (Å²) < 4.78 is 0.109. The highest BCUT2D eigenvalue weighted by atomic mass is 79.9. The molecular weight excluding hydrogens is 188 g/mol. The van der Waals surface area contributed by atoms with E-state index in [1.165, 1.54) is 0 Å². The van der Waals surface area contributed by atoms with Gasteiger partial charge in [-0.05, 0) is 15.9 Å². The van der Waals surface area contributed by atoms with Gasteiger partial charge in [0.2, 0.25) is 0 Å². The fourth-order valence-corrected chi connectivity index (χ4v) is 0.565. The predicted octanol–water partition coefficient (Wildman–Crippen LogP) is 0.238. The van der Waals surface area contributed by atoms with E-state index in [1.54, 1.807) is 0 Å². The monoisotopic (exact) mass is 190 g/mol. The quantitative estimate of drug-likeness (QED) is 0.617. The number of halogens is 1. The average molecular weight is 191 g/mol. The highest BCUT2D eigenvalue weighted by Crippen LogP contribution is 2.14. The summed E-state index contributed by atoms with van der Waals surface area (Å²) in [5.41, 5.74) is -0.435. The molecule has 5 heteroatoms. The van der Waals surface area contributed by atoms with Crippen molar-refractivity contribution in [3.8, 4) is 5.75 Å². The lowest BCUT2D eigenvalue weighted by Gasteiger charge is -1.89. The molecule has 0 saturated heterocycles. The fraction of sp³-hybridized carbons (Fsp3) is 0. The van der Waals surface area contributed by atoms with E-state index in [9.17, 15) is 4.79 Å². The van der Waals surface area contributed by atoms with E-state index in [0.29, 0.717) is 0 Å². The number of rotatable bonds is 0. The topological polar surface area (TPSA) is 66.0 Å². The SMILES string of the molecule is O=c1[nH]ncc(O)c1Br. The minimum atomic E-state index is -0.435. The molecule has 9 heavy (non-hydrogen) atoms. The molecule has 48 valence electrons. The summed E-state index contributed by atoms with van der Waals surface area (Å²) in [7, 11) is 0. The van der Waals surface area contributed by atoms with E-state index in [-0.39, 0.29) is 10.2 Å². The molecule has 0 bridgehead atoms. The van der Waals surface area contributed by atoms with Crippen LogP contribution in [-0.4, -0.2) is 15.3 Å². The van der Waals surface area contributed by atoms with Crippen molar-refractivity contribution < 1.29 is 5.11 Å². The van der Waals surface area contributed by atoms with Gasteiger partial charge in [-0.1, -0.05) is 0 Å². The van der Waals surface area contributed by atoms with Crippen molar-refractivity contribution in [2.75, 3.05) is 0 Å². The van der Waals surface area contributed by atoms with E-state index < -0.39 is 5.56 Å². The van der Waals surface area contributed by atoms with Gasteiger partial charge in [-0.15, -0.1) is 0 Å². The number of H-pyrrole nitrogens is 1. The van der Waals surface area contributed by atoms with Gasteiger partial charge in [0.15, 0.2) is 5.75 Å². The molecule has 1 aromatic rings. The molecule has 0 saturated carbocycles. The van der Waals surface area contributed by atoms with Gasteiger partial charge in [-0.2, -0.15) is 5.10 Å². The second kappa shape index (κ2) is 2.18. The van der Waals surface area contributed by atoms with E-state index >= 15 is 0 Å². The number of hydrogen-bond acceptors (Lipinski definition) is 3. The maximum atomic E-state index is 10.5. The first-order valence-corrected chi connectivity index (χ1v) is 2.93. The van der Waals surface area contributed by atoms with Crippen LogP contribution in [0.5, 0.6) is 5.75 Å². The lowest BCUT2D eigenvalue weighted by Crippen LogP contribution is -2.07. The number of nitrogens with one attached hydrogen (secondary N) is 1. The Hall–Kier alpha value is -0.840. The van der Waals surface area contributed by atoms with E-state index in [2.05, 4.69) is 26.1 Å². The van der Waals surface area contributed by atoms with Gasteiger partial charge >= 0.3 is 0 Å². The zero-order chi connectivity index (χ0) is 6.85. The van der Waals surface area contributed by atoms with Gasteiger partial charge in [0.05, 0.1) is 6.20 Å². The molecule has 0 aliphatic rings. The lowest BCUT2D eigenvalue weighted by atomic mass is 10.5. The van der Waals surface area contributed by atoms with Crippen molar-refractivity contribution in [2.24, 2.45) is 0 Å². The van der Waals surface area contributed by atoms with Crippen molar-refractivity contribution in [2.45, 2.75) is 0 Å². The van der Waals surface area contributed by atoms with Crippen LogP contribution in [-0.2, 0) is 0 Å². The molecule has 1 heterocycles. The molecule has 0 amide bonds. The Morgan fingerprint density at radius 2 is 2.44 bits per heavy atom. The van der Waals surface area contributed by atoms with Gasteiger partial charge in [-0.25, -0.2) is 5.10 Å². The first-order valence-electron chi connectivity index (χ1n) is 2.14. The van der Waals surface area contributed by atoms with Crippen molar-refractivity contribution >= 4 is 15.9 Å². The Balaban J connectivity index is 3.43. The van der Waals surface area contributed by atoms with Crippen LogP contribution >= 0.6 is 15.9 Å². The van der Waals surface area contributed by atoms with Crippen LogP contribution in [0.25, 0.3) is 0 Å². The van der Waals surface area contributed by atoms with Gasteiger partial charge in [0, 0.05) is 0 Å². The molecule has 0 aliphatic carbocycles. The first-order chi connectivity index (χ1) is 4.22. The summed E-state index contributed by atoms with van der Waals surface area (Å²) in [6.45, 7) is 0. The maximum absolute atomic E-state index is 10.5. The Kier molecular flexibility index (Phi) is 1.52. The van der Waals surface area contributed by atoms with Gasteiger partial charge in [0.1, 0.15) is 4.47 Å². The standard InChI is InChI=1S/C4H3BrN2O2/c5-3-2(8)1-6-7-4(3)9/h1H,(H2,7,8,9).